The van der Waals surface area contributed by atoms with E-state index < -0.39 is 0 Å². The van der Waals surface area contributed by atoms with E-state index in [1.165, 1.54) is 0 Å². The van der Waals surface area contributed by atoms with E-state index in [1.54, 1.807) is 26.0 Å². The Kier molecular flexibility index (Phi) is 6.40. The zero-order valence-electron chi connectivity index (χ0n) is 14.5. The molecule has 0 aliphatic carbocycles. The van der Waals surface area contributed by atoms with Crippen LogP contribution in [0.4, 0.5) is 0 Å². The van der Waals surface area contributed by atoms with Gasteiger partial charge in [-0.25, -0.2) is 0 Å². The summed E-state index contributed by atoms with van der Waals surface area (Å²) in [6.07, 6.45) is 0.833. The zero-order chi connectivity index (χ0) is 16.8. The van der Waals surface area contributed by atoms with Crippen molar-refractivity contribution in [3.05, 3.63) is 35.4 Å². The van der Waals surface area contributed by atoms with Gasteiger partial charge in [0.05, 0.1) is 0 Å². The molecule has 0 saturated carbocycles. The number of aliphatic imine (C=N–C) groups is 1. The summed E-state index contributed by atoms with van der Waals surface area (Å²) in [5.41, 5.74) is 1.82. The molecule has 5 nitrogen and oxygen atoms in total. The Bertz CT molecular complexity index is 530. The van der Waals surface area contributed by atoms with E-state index >= 15 is 0 Å². The molecule has 0 aliphatic heterocycles. The van der Waals surface area contributed by atoms with Gasteiger partial charge in [-0.05, 0) is 44.9 Å². The maximum Gasteiger partial charge on any atom is 0.253 e. The fourth-order valence-electron chi connectivity index (χ4n) is 1.98. The molecule has 22 heavy (non-hydrogen) atoms. The first-order chi connectivity index (χ1) is 10.2. The normalized spacial score (nSPS) is 12.0. The standard InChI is InChI=1S/C17H28N4O/c1-17(2,3)20-16(18-4)19-11-10-13-8-7-9-14(12-13)15(22)21(5)6/h7-9,12H,10-11H2,1-6H3,(H2,18,19,20). The molecular weight excluding hydrogens is 276 g/mol. The Morgan fingerprint density at radius 3 is 2.50 bits per heavy atom. The van der Waals surface area contributed by atoms with Gasteiger partial charge in [0.25, 0.3) is 5.91 Å². The van der Waals surface area contributed by atoms with Crippen LogP contribution in [-0.2, 0) is 6.42 Å². The van der Waals surface area contributed by atoms with Crippen LogP contribution < -0.4 is 10.6 Å². The van der Waals surface area contributed by atoms with E-state index in [-0.39, 0.29) is 11.4 Å². The molecule has 1 rings (SSSR count). The fraction of sp³-hybridized carbons (Fsp3) is 0.529. The third-order valence-electron chi connectivity index (χ3n) is 3.00. The average molecular weight is 304 g/mol. The van der Waals surface area contributed by atoms with Crippen molar-refractivity contribution in [2.45, 2.75) is 32.7 Å². The third-order valence-corrected chi connectivity index (χ3v) is 3.00. The predicted octanol–water partition coefficient (Wildman–Crippen LogP) is 1.89. The number of carbonyl (C=O) groups excluding carboxylic acids is 1. The van der Waals surface area contributed by atoms with Gasteiger partial charge in [-0.1, -0.05) is 12.1 Å². The number of nitrogens with zero attached hydrogens (tertiary/aromatic N) is 2. The van der Waals surface area contributed by atoms with Crippen LogP contribution in [0.1, 0.15) is 36.7 Å². The number of rotatable bonds is 4. The maximum absolute atomic E-state index is 12.0. The predicted molar refractivity (Wildman–Crippen MR) is 92.4 cm³/mol. The number of hydrogen-bond acceptors (Lipinski definition) is 2. The largest absolute Gasteiger partial charge is 0.356 e. The molecule has 0 spiro atoms. The second-order valence-corrected chi connectivity index (χ2v) is 6.52. The summed E-state index contributed by atoms with van der Waals surface area (Å²) in [7, 11) is 5.29. The number of amides is 1. The molecule has 0 saturated heterocycles. The van der Waals surface area contributed by atoms with Gasteiger partial charge >= 0.3 is 0 Å². The van der Waals surface area contributed by atoms with E-state index in [9.17, 15) is 4.79 Å². The van der Waals surface area contributed by atoms with Crippen molar-refractivity contribution >= 4 is 11.9 Å². The molecule has 0 atom stereocenters. The minimum Gasteiger partial charge on any atom is -0.356 e. The molecule has 1 aromatic carbocycles. The van der Waals surface area contributed by atoms with Crippen molar-refractivity contribution in [3.63, 3.8) is 0 Å². The van der Waals surface area contributed by atoms with Gasteiger partial charge in [-0.3, -0.25) is 9.79 Å². The SMILES string of the molecule is CN=C(NCCc1cccc(C(=O)N(C)C)c1)NC(C)(C)C. The maximum atomic E-state index is 12.0. The molecule has 0 aromatic heterocycles. The summed E-state index contributed by atoms with van der Waals surface area (Å²) in [5, 5.41) is 6.60. The van der Waals surface area contributed by atoms with Gasteiger partial charge in [-0.15, -0.1) is 0 Å². The van der Waals surface area contributed by atoms with Crippen molar-refractivity contribution in [3.8, 4) is 0 Å². The van der Waals surface area contributed by atoms with E-state index in [0.717, 1.165) is 30.1 Å². The molecule has 0 radical (unpaired) electrons. The van der Waals surface area contributed by atoms with Crippen LogP contribution in [0.25, 0.3) is 0 Å². The van der Waals surface area contributed by atoms with Crippen LogP contribution in [-0.4, -0.2) is 50.0 Å². The minimum absolute atomic E-state index is 0.0278. The Hall–Kier alpha value is -2.04. The van der Waals surface area contributed by atoms with Crippen LogP contribution >= 0.6 is 0 Å². The number of carbonyl (C=O) groups is 1. The molecule has 122 valence electrons. The summed E-state index contributed by atoms with van der Waals surface area (Å²) < 4.78 is 0. The molecule has 0 unspecified atom stereocenters. The van der Waals surface area contributed by atoms with Crippen LogP contribution in [0.5, 0.6) is 0 Å². The fourth-order valence-corrected chi connectivity index (χ4v) is 1.98. The summed E-state index contributed by atoms with van der Waals surface area (Å²) in [6.45, 7) is 7.04. The number of guanidine groups is 1. The number of benzene rings is 1. The lowest BCUT2D eigenvalue weighted by atomic mass is 10.1. The highest BCUT2D eigenvalue weighted by Crippen LogP contribution is 2.07. The highest BCUT2D eigenvalue weighted by atomic mass is 16.2. The van der Waals surface area contributed by atoms with Crippen LogP contribution in [0.15, 0.2) is 29.3 Å². The van der Waals surface area contributed by atoms with Crippen LogP contribution in [0.2, 0.25) is 0 Å². The van der Waals surface area contributed by atoms with Gasteiger partial charge < -0.3 is 15.5 Å². The molecular formula is C17H28N4O. The van der Waals surface area contributed by atoms with Crippen molar-refractivity contribution in [2.75, 3.05) is 27.7 Å². The lowest BCUT2D eigenvalue weighted by Gasteiger charge is -2.23. The molecule has 1 amide bonds. The smallest absolute Gasteiger partial charge is 0.253 e. The second kappa shape index (κ2) is 7.82. The van der Waals surface area contributed by atoms with Crippen LogP contribution in [0, 0.1) is 0 Å². The van der Waals surface area contributed by atoms with Crippen molar-refractivity contribution in [1.82, 2.24) is 15.5 Å². The summed E-state index contributed by atoms with van der Waals surface area (Å²) in [5.74, 6) is 0.813. The quantitative estimate of drug-likeness (QED) is 0.660. The second-order valence-electron chi connectivity index (χ2n) is 6.52. The monoisotopic (exact) mass is 304 g/mol. The zero-order valence-corrected chi connectivity index (χ0v) is 14.5. The highest BCUT2D eigenvalue weighted by Gasteiger charge is 2.11. The molecule has 5 heteroatoms. The van der Waals surface area contributed by atoms with Gasteiger partial charge in [0.2, 0.25) is 0 Å². The molecule has 1 aromatic rings. The third kappa shape index (κ3) is 6.16. The Morgan fingerprint density at radius 1 is 1.27 bits per heavy atom. The molecule has 0 heterocycles. The molecule has 2 N–H and O–H groups in total. The minimum atomic E-state index is -0.0279. The topological polar surface area (TPSA) is 56.7 Å². The first kappa shape index (κ1) is 18.0. The van der Waals surface area contributed by atoms with E-state index in [1.807, 2.05) is 24.3 Å². The summed E-state index contributed by atoms with van der Waals surface area (Å²) >= 11 is 0. The first-order valence-corrected chi connectivity index (χ1v) is 7.52. The molecule has 0 fully saturated rings. The van der Waals surface area contributed by atoms with Crippen molar-refractivity contribution in [1.29, 1.82) is 0 Å². The summed E-state index contributed by atoms with van der Waals surface area (Å²) in [4.78, 5) is 17.8. The average Bonchev–Trinajstić information content (AvgIpc) is 2.44. The Balaban J connectivity index is 2.58. The van der Waals surface area contributed by atoms with Gasteiger partial charge in [0.15, 0.2) is 5.96 Å². The summed E-state index contributed by atoms with van der Waals surface area (Å²) in [6, 6.07) is 7.76. The first-order valence-electron chi connectivity index (χ1n) is 7.52. The molecule has 0 aliphatic rings. The van der Waals surface area contributed by atoms with E-state index in [4.69, 9.17) is 0 Å². The Labute approximate surface area is 133 Å². The number of nitrogens with one attached hydrogen (secondary N) is 2. The van der Waals surface area contributed by atoms with Gasteiger partial charge in [0.1, 0.15) is 0 Å². The molecule has 0 bridgehead atoms. The highest BCUT2D eigenvalue weighted by molar-refractivity contribution is 5.94. The van der Waals surface area contributed by atoms with E-state index in [2.05, 4.69) is 36.4 Å². The van der Waals surface area contributed by atoms with E-state index in [0.29, 0.717) is 0 Å². The Morgan fingerprint density at radius 2 is 1.95 bits per heavy atom. The van der Waals surface area contributed by atoms with Crippen LogP contribution in [0.3, 0.4) is 0 Å². The number of hydrogen-bond donors (Lipinski definition) is 2. The lowest BCUT2D eigenvalue weighted by Crippen LogP contribution is -2.48. The lowest BCUT2D eigenvalue weighted by molar-refractivity contribution is 0.0827. The van der Waals surface area contributed by atoms with Gasteiger partial charge in [0, 0.05) is 38.8 Å². The van der Waals surface area contributed by atoms with Crippen molar-refractivity contribution in [2.24, 2.45) is 4.99 Å². The van der Waals surface area contributed by atoms with Gasteiger partial charge in [-0.2, -0.15) is 0 Å². The van der Waals surface area contributed by atoms with Crippen molar-refractivity contribution < 1.29 is 4.79 Å².